The molecule has 2 fully saturated rings. The van der Waals surface area contributed by atoms with E-state index in [9.17, 15) is 0 Å². The van der Waals surface area contributed by atoms with Gasteiger partial charge in [0.15, 0.2) is 0 Å². The molecule has 1 aromatic heterocycles. The molecule has 3 rings (SSSR count). The highest BCUT2D eigenvalue weighted by Gasteiger charge is 2.25. The largest absolute Gasteiger partial charge is 0.396 e. The first-order chi connectivity index (χ1) is 10.3. The molecule has 21 heavy (non-hydrogen) atoms. The van der Waals surface area contributed by atoms with Crippen LogP contribution in [0.3, 0.4) is 0 Å². The molecule has 0 aromatic carbocycles. The van der Waals surface area contributed by atoms with Crippen LogP contribution < -0.4 is 9.80 Å². The molecular weight excluding hydrogens is 294 g/mol. The molecule has 116 valence electrons. The van der Waals surface area contributed by atoms with Crippen LogP contribution in [-0.2, 0) is 4.74 Å². The predicted octanol–water partition coefficient (Wildman–Crippen LogP) is 0.570. The summed E-state index contributed by atoms with van der Waals surface area (Å²) in [6.45, 7) is 4.90. The third-order valence-corrected chi connectivity index (χ3v) is 4.15. The van der Waals surface area contributed by atoms with Crippen LogP contribution in [0.2, 0.25) is 5.28 Å². The number of hydrogen-bond acceptors (Lipinski definition) is 7. The first-order valence-electron chi connectivity index (χ1n) is 7.36. The van der Waals surface area contributed by atoms with Crippen LogP contribution in [0.4, 0.5) is 11.9 Å². The van der Waals surface area contributed by atoms with Crippen LogP contribution in [0.1, 0.15) is 12.8 Å². The highest BCUT2D eigenvalue weighted by molar-refractivity contribution is 6.28. The molecule has 8 heteroatoms. The van der Waals surface area contributed by atoms with Gasteiger partial charge in [0, 0.05) is 32.8 Å². The van der Waals surface area contributed by atoms with E-state index in [-0.39, 0.29) is 11.9 Å². The van der Waals surface area contributed by atoms with E-state index in [0.29, 0.717) is 31.0 Å². The third-order valence-electron chi connectivity index (χ3n) is 3.98. The summed E-state index contributed by atoms with van der Waals surface area (Å²) >= 11 is 6.06. The van der Waals surface area contributed by atoms with E-state index < -0.39 is 0 Å². The first-order valence-corrected chi connectivity index (χ1v) is 7.74. The summed E-state index contributed by atoms with van der Waals surface area (Å²) in [4.78, 5) is 17.2. The van der Waals surface area contributed by atoms with Crippen molar-refractivity contribution in [3.63, 3.8) is 0 Å². The molecular formula is C13H20ClN5O2. The van der Waals surface area contributed by atoms with Gasteiger partial charge >= 0.3 is 0 Å². The maximum Gasteiger partial charge on any atom is 0.231 e. The minimum Gasteiger partial charge on any atom is -0.396 e. The lowest BCUT2D eigenvalue weighted by Crippen LogP contribution is -2.38. The summed E-state index contributed by atoms with van der Waals surface area (Å²) in [6, 6.07) is 0. The fourth-order valence-corrected chi connectivity index (χ4v) is 2.96. The zero-order valence-electron chi connectivity index (χ0n) is 11.9. The second kappa shape index (κ2) is 6.72. The fourth-order valence-electron chi connectivity index (χ4n) is 2.81. The van der Waals surface area contributed by atoms with Gasteiger partial charge < -0.3 is 19.6 Å². The number of anilines is 2. The number of aromatic nitrogens is 3. The van der Waals surface area contributed by atoms with E-state index in [1.165, 1.54) is 0 Å². The number of nitrogens with zero attached hydrogens (tertiary/aromatic N) is 5. The SMILES string of the molecule is OCCC1CCN(c2nc(Cl)nc(N3CCOCC3)n2)C1. The van der Waals surface area contributed by atoms with E-state index in [4.69, 9.17) is 21.4 Å². The highest BCUT2D eigenvalue weighted by atomic mass is 35.5. The lowest BCUT2D eigenvalue weighted by Gasteiger charge is -2.27. The number of aliphatic hydroxyl groups excluding tert-OH is 1. The van der Waals surface area contributed by atoms with Gasteiger partial charge in [-0.25, -0.2) is 0 Å². The number of halogens is 1. The molecule has 0 amide bonds. The van der Waals surface area contributed by atoms with Crippen molar-refractivity contribution in [3.8, 4) is 0 Å². The van der Waals surface area contributed by atoms with Crippen molar-refractivity contribution in [2.45, 2.75) is 12.8 Å². The summed E-state index contributed by atoms with van der Waals surface area (Å²) in [5, 5.41) is 9.27. The zero-order valence-corrected chi connectivity index (χ0v) is 12.7. The van der Waals surface area contributed by atoms with Crippen molar-refractivity contribution in [1.82, 2.24) is 15.0 Å². The smallest absolute Gasteiger partial charge is 0.231 e. The van der Waals surface area contributed by atoms with Gasteiger partial charge in [-0.1, -0.05) is 0 Å². The quantitative estimate of drug-likeness (QED) is 0.871. The Kier molecular flexibility index (Phi) is 4.72. The predicted molar refractivity (Wildman–Crippen MR) is 79.9 cm³/mol. The van der Waals surface area contributed by atoms with Crippen molar-refractivity contribution in [2.24, 2.45) is 5.92 Å². The molecule has 1 aromatic rings. The number of aliphatic hydroxyl groups is 1. The van der Waals surface area contributed by atoms with E-state index in [2.05, 4.69) is 24.8 Å². The Morgan fingerprint density at radius 3 is 2.52 bits per heavy atom. The summed E-state index contributed by atoms with van der Waals surface area (Å²) in [7, 11) is 0. The molecule has 2 aliphatic rings. The Morgan fingerprint density at radius 2 is 1.81 bits per heavy atom. The van der Waals surface area contributed by atoms with Crippen molar-refractivity contribution in [2.75, 3.05) is 55.8 Å². The van der Waals surface area contributed by atoms with Gasteiger partial charge in [0.25, 0.3) is 0 Å². The average molecular weight is 314 g/mol. The van der Waals surface area contributed by atoms with Gasteiger partial charge in [0.05, 0.1) is 13.2 Å². The molecule has 1 N–H and O–H groups in total. The van der Waals surface area contributed by atoms with E-state index >= 15 is 0 Å². The summed E-state index contributed by atoms with van der Waals surface area (Å²) in [5.41, 5.74) is 0. The lowest BCUT2D eigenvalue weighted by molar-refractivity contribution is 0.122. The maximum absolute atomic E-state index is 9.04. The highest BCUT2D eigenvalue weighted by Crippen LogP contribution is 2.25. The number of hydrogen-bond donors (Lipinski definition) is 1. The second-order valence-electron chi connectivity index (χ2n) is 5.42. The molecule has 0 bridgehead atoms. The molecule has 2 saturated heterocycles. The molecule has 1 unspecified atom stereocenters. The fraction of sp³-hybridized carbons (Fsp3) is 0.769. The maximum atomic E-state index is 9.04. The number of rotatable bonds is 4. The Balaban J connectivity index is 1.75. The van der Waals surface area contributed by atoms with Crippen LogP contribution in [0.5, 0.6) is 0 Å². The van der Waals surface area contributed by atoms with Gasteiger partial charge in [-0.15, -0.1) is 0 Å². The number of morpholine rings is 1. The second-order valence-corrected chi connectivity index (χ2v) is 5.75. The molecule has 0 spiro atoms. The van der Waals surface area contributed by atoms with E-state index in [1.54, 1.807) is 0 Å². The topological polar surface area (TPSA) is 74.6 Å². The van der Waals surface area contributed by atoms with Crippen molar-refractivity contribution < 1.29 is 9.84 Å². The van der Waals surface area contributed by atoms with Gasteiger partial charge in [-0.05, 0) is 30.4 Å². The van der Waals surface area contributed by atoms with Crippen LogP contribution in [0.15, 0.2) is 0 Å². The van der Waals surface area contributed by atoms with Crippen molar-refractivity contribution >= 4 is 23.5 Å². The van der Waals surface area contributed by atoms with Gasteiger partial charge in [0.1, 0.15) is 0 Å². The minimum atomic E-state index is 0.229. The summed E-state index contributed by atoms with van der Waals surface area (Å²) in [5.74, 6) is 1.76. The third kappa shape index (κ3) is 3.53. The molecule has 1 atom stereocenters. The van der Waals surface area contributed by atoms with E-state index in [0.717, 1.165) is 39.0 Å². The molecule has 0 saturated carbocycles. The first kappa shape index (κ1) is 14.7. The van der Waals surface area contributed by atoms with Gasteiger partial charge in [-0.3, -0.25) is 0 Å². The van der Waals surface area contributed by atoms with Crippen LogP contribution in [0.25, 0.3) is 0 Å². The summed E-state index contributed by atoms with van der Waals surface area (Å²) < 4.78 is 5.34. The Labute approximate surface area is 128 Å². The standard InChI is InChI=1S/C13H20ClN5O2/c14-11-15-12(18-4-7-21-8-5-18)17-13(16-11)19-3-1-10(9-19)2-6-20/h10,20H,1-9H2. The molecule has 7 nitrogen and oxygen atoms in total. The summed E-state index contributed by atoms with van der Waals surface area (Å²) in [6.07, 6.45) is 1.88. The lowest BCUT2D eigenvalue weighted by atomic mass is 10.1. The van der Waals surface area contributed by atoms with Gasteiger partial charge in [-0.2, -0.15) is 15.0 Å². The zero-order chi connectivity index (χ0) is 14.7. The molecule has 0 aliphatic carbocycles. The molecule has 2 aliphatic heterocycles. The van der Waals surface area contributed by atoms with Crippen molar-refractivity contribution in [3.05, 3.63) is 5.28 Å². The minimum absolute atomic E-state index is 0.229. The van der Waals surface area contributed by atoms with Crippen LogP contribution >= 0.6 is 11.6 Å². The molecule has 3 heterocycles. The number of ether oxygens (including phenoxy) is 1. The van der Waals surface area contributed by atoms with Crippen LogP contribution in [0, 0.1) is 5.92 Å². The van der Waals surface area contributed by atoms with Crippen molar-refractivity contribution in [1.29, 1.82) is 0 Å². The molecule has 0 radical (unpaired) electrons. The Morgan fingerprint density at radius 1 is 1.10 bits per heavy atom. The Bertz CT molecular complexity index is 484. The average Bonchev–Trinajstić information content (AvgIpc) is 2.97. The van der Waals surface area contributed by atoms with Crippen LogP contribution in [-0.4, -0.2) is 66.1 Å². The Hall–Kier alpha value is -1.18. The van der Waals surface area contributed by atoms with Gasteiger partial charge in [0.2, 0.25) is 17.2 Å². The normalized spacial score (nSPS) is 22.9. The monoisotopic (exact) mass is 313 g/mol. The van der Waals surface area contributed by atoms with E-state index in [1.807, 2.05) is 0 Å².